The van der Waals surface area contributed by atoms with Gasteiger partial charge in [0.25, 0.3) is 0 Å². The van der Waals surface area contributed by atoms with Gasteiger partial charge in [-0.15, -0.1) is 0 Å². The van der Waals surface area contributed by atoms with E-state index in [1.807, 2.05) is 24.3 Å². The molecule has 3 nitrogen and oxygen atoms in total. The lowest BCUT2D eigenvalue weighted by atomic mass is 10.1. The third kappa shape index (κ3) is 3.14. The van der Waals surface area contributed by atoms with E-state index in [1.165, 1.54) is 0 Å². The number of carbonyl (C=O) groups is 1. The summed E-state index contributed by atoms with van der Waals surface area (Å²) in [6, 6.07) is 7.40. The maximum absolute atomic E-state index is 11.9. The summed E-state index contributed by atoms with van der Waals surface area (Å²) in [6.45, 7) is 1.72. The van der Waals surface area contributed by atoms with E-state index in [-0.39, 0.29) is 11.9 Å². The van der Waals surface area contributed by atoms with E-state index < -0.39 is 0 Å². The van der Waals surface area contributed by atoms with Gasteiger partial charge in [-0.1, -0.05) is 28.1 Å². The number of halogens is 1. The molecule has 1 aromatic carbocycles. The van der Waals surface area contributed by atoms with Crippen LogP contribution in [-0.2, 0) is 9.47 Å². The summed E-state index contributed by atoms with van der Waals surface area (Å²) in [6.07, 6.45) is 0.288. The molecular weight excluding hydrogens is 272 g/mol. The van der Waals surface area contributed by atoms with Crippen LogP contribution in [0, 0.1) is 0 Å². The molecule has 0 N–H and O–H groups in total. The molecule has 0 aromatic heterocycles. The number of benzene rings is 1. The molecule has 86 valence electrons. The van der Waals surface area contributed by atoms with Crippen LogP contribution in [0.15, 0.2) is 28.7 Å². The summed E-state index contributed by atoms with van der Waals surface area (Å²) in [4.78, 5) is 11.9. The second kappa shape index (κ2) is 5.57. The fourth-order valence-corrected chi connectivity index (χ4v) is 2.04. The van der Waals surface area contributed by atoms with Crippen LogP contribution in [0.25, 0.3) is 0 Å². The lowest BCUT2D eigenvalue weighted by Crippen LogP contribution is -2.30. The van der Waals surface area contributed by atoms with Gasteiger partial charge in [0.2, 0.25) is 0 Å². The number of ketones is 1. The van der Waals surface area contributed by atoms with Gasteiger partial charge in [-0.05, 0) is 12.1 Å². The fraction of sp³-hybridized carbons (Fsp3) is 0.417. The average Bonchev–Trinajstić information content (AvgIpc) is 2.30. The van der Waals surface area contributed by atoms with Crippen molar-refractivity contribution in [1.29, 1.82) is 0 Å². The Balaban J connectivity index is 1.97. The Hall–Kier alpha value is -0.710. The third-order valence-corrected chi connectivity index (χ3v) is 2.94. The topological polar surface area (TPSA) is 35.5 Å². The molecule has 2 rings (SSSR count). The van der Waals surface area contributed by atoms with E-state index in [0.29, 0.717) is 31.8 Å². The average molecular weight is 285 g/mol. The SMILES string of the molecule is O=C(CC1COCCO1)c1cccc(Br)c1. The smallest absolute Gasteiger partial charge is 0.165 e. The Bertz CT molecular complexity index is 372. The van der Waals surface area contributed by atoms with Crippen molar-refractivity contribution in [3.8, 4) is 0 Å². The molecule has 0 saturated carbocycles. The predicted octanol–water partition coefficient (Wildman–Crippen LogP) is 2.44. The summed E-state index contributed by atoms with van der Waals surface area (Å²) in [5, 5.41) is 0. The molecule has 0 amide bonds. The molecule has 0 bridgehead atoms. The van der Waals surface area contributed by atoms with Crippen molar-refractivity contribution in [1.82, 2.24) is 0 Å². The van der Waals surface area contributed by atoms with Crippen LogP contribution in [0.4, 0.5) is 0 Å². The maximum atomic E-state index is 11.9. The molecule has 0 aliphatic carbocycles. The zero-order valence-electron chi connectivity index (χ0n) is 8.82. The van der Waals surface area contributed by atoms with E-state index in [2.05, 4.69) is 15.9 Å². The van der Waals surface area contributed by atoms with Crippen LogP contribution in [0.3, 0.4) is 0 Å². The van der Waals surface area contributed by atoms with Crippen LogP contribution in [0.5, 0.6) is 0 Å². The van der Waals surface area contributed by atoms with Gasteiger partial charge in [0.1, 0.15) is 0 Å². The second-order valence-corrected chi connectivity index (χ2v) is 4.62. The number of rotatable bonds is 3. The van der Waals surface area contributed by atoms with E-state index in [9.17, 15) is 4.79 Å². The van der Waals surface area contributed by atoms with Gasteiger partial charge in [-0.2, -0.15) is 0 Å². The van der Waals surface area contributed by atoms with E-state index in [0.717, 1.165) is 4.47 Å². The second-order valence-electron chi connectivity index (χ2n) is 3.71. The van der Waals surface area contributed by atoms with Gasteiger partial charge in [-0.3, -0.25) is 4.79 Å². The highest BCUT2D eigenvalue weighted by molar-refractivity contribution is 9.10. The van der Waals surface area contributed by atoms with Crippen molar-refractivity contribution >= 4 is 21.7 Å². The van der Waals surface area contributed by atoms with Crippen molar-refractivity contribution in [3.05, 3.63) is 34.3 Å². The lowest BCUT2D eigenvalue weighted by Gasteiger charge is -2.22. The van der Waals surface area contributed by atoms with E-state index >= 15 is 0 Å². The first-order valence-electron chi connectivity index (χ1n) is 5.24. The fourth-order valence-electron chi connectivity index (χ4n) is 1.64. The molecule has 1 fully saturated rings. The Labute approximate surface area is 103 Å². The molecule has 16 heavy (non-hydrogen) atoms. The largest absolute Gasteiger partial charge is 0.376 e. The minimum atomic E-state index is -0.0970. The minimum Gasteiger partial charge on any atom is -0.376 e. The molecule has 1 aliphatic rings. The van der Waals surface area contributed by atoms with Gasteiger partial charge in [0.15, 0.2) is 5.78 Å². The third-order valence-electron chi connectivity index (χ3n) is 2.44. The summed E-state index contributed by atoms with van der Waals surface area (Å²) in [5.41, 5.74) is 0.712. The van der Waals surface area contributed by atoms with Crippen molar-refractivity contribution in [2.75, 3.05) is 19.8 Å². The quantitative estimate of drug-likeness (QED) is 0.800. The van der Waals surface area contributed by atoms with Gasteiger partial charge in [-0.25, -0.2) is 0 Å². The van der Waals surface area contributed by atoms with Gasteiger partial charge < -0.3 is 9.47 Å². The van der Waals surface area contributed by atoms with Crippen molar-refractivity contribution in [2.45, 2.75) is 12.5 Å². The van der Waals surface area contributed by atoms with Crippen LogP contribution in [0.2, 0.25) is 0 Å². The van der Waals surface area contributed by atoms with Crippen molar-refractivity contribution in [3.63, 3.8) is 0 Å². The number of hydrogen-bond acceptors (Lipinski definition) is 3. The molecule has 1 unspecified atom stereocenters. The standard InChI is InChI=1S/C12H13BrO3/c13-10-3-1-2-9(6-10)12(14)7-11-8-15-4-5-16-11/h1-3,6,11H,4-5,7-8H2. The molecule has 1 saturated heterocycles. The maximum Gasteiger partial charge on any atom is 0.165 e. The van der Waals surface area contributed by atoms with E-state index in [1.54, 1.807) is 0 Å². The number of carbonyl (C=O) groups excluding carboxylic acids is 1. The van der Waals surface area contributed by atoms with Gasteiger partial charge in [0.05, 0.1) is 25.9 Å². The highest BCUT2D eigenvalue weighted by atomic mass is 79.9. The summed E-state index contributed by atoms with van der Waals surface area (Å²) in [5.74, 6) is 0.0943. The highest BCUT2D eigenvalue weighted by Crippen LogP contribution is 2.15. The van der Waals surface area contributed by atoms with Crippen LogP contribution in [0.1, 0.15) is 16.8 Å². The zero-order valence-corrected chi connectivity index (χ0v) is 10.4. The molecule has 1 atom stereocenters. The monoisotopic (exact) mass is 284 g/mol. The van der Waals surface area contributed by atoms with Crippen molar-refractivity contribution in [2.24, 2.45) is 0 Å². The van der Waals surface area contributed by atoms with E-state index in [4.69, 9.17) is 9.47 Å². The number of hydrogen-bond donors (Lipinski definition) is 0. The minimum absolute atomic E-state index is 0.0943. The molecule has 0 spiro atoms. The normalized spacial score (nSPS) is 20.7. The molecule has 1 aromatic rings. The Morgan fingerprint density at radius 2 is 2.31 bits per heavy atom. The zero-order chi connectivity index (χ0) is 11.4. The van der Waals surface area contributed by atoms with Gasteiger partial charge >= 0.3 is 0 Å². The number of ether oxygens (including phenoxy) is 2. The first-order valence-corrected chi connectivity index (χ1v) is 6.03. The molecule has 4 heteroatoms. The van der Waals surface area contributed by atoms with Crippen LogP contribution in [-0.4, -0.2) is 31.7 Å². The first kappa shape index (κ1) is 11.8. The molecular formula is C12H13BrO3. The highest BCUT2D eigenvalue weighted by Gasteiger charge is 2.19. The first-order chi connectivity index (χ1) is 7.75. The van der Waals surface area contributed by atoms with Crippen LogP contribution >= 0.6 is 15.9 Å². The predicted molar refractivity (Wildman–Crippen MR) is 63.6 cm³/mol. The van der Waals surface area contributed by atoms with Gasteiger partial charge in [0, 0.05) is 16.5 Å². The summed E-state index contributed by atoms with van der Waals surface area (Å²) in [7, 11) is 0. The molecule has 0 radical (unpaired) electrons. The Kier molecular flexibility index (Phi) is 4.09. The Morgan fingerprint density at radius 3 is 3.00 bits per heavy atom. The van der Waals surface area contributed by atoms with Crippen LogP contribution < -0.4 is 0 Å². The summed E-state index contributed by atoms with van der Waals surface area (Å²) >= 11 is 3.35. The molecule has 1 aliphatic heterocycles. The summed E-state index contributed by atoms with van der Waals surface area (Å²) < 4.78 is 11.6. The molecule has 1 heterocycles. The van der Waals surface area contributed by atoms with Crippen molar-refractivity contribution < 1.29 is 14.3 Å². The number of Topliss-reactive ketones (excluding diaryl/α,β-unsaturated/α-hetero) is 1. The lowest BCUT2D eigenvalue weighted by molar-refractivity contribution is -0.0868. The Morgan fingerprint density at radius 1 is 1.44 bits per heavy atom.